The van der Waals surface area contributed by atoms with Crippen molar-refractivity contribution < 1.29 is 29.1 Å². The number of carboxylic acids is 1. The van der Waals surface area contributed by atoms with Gasteiger partial charge < -0.3 is 31.7 Å². The van der Waals surface area contributed by atoms with Crippen molar-refractivity contribution in [3.63, 3.8) is 0 Å². The normalized spacial score (nSPS) is 17.5. The van der Waals surface area contributed by atoms with Crippen molar-refractivity contribution in [3.05, 3.63) is 0 Å². The summed E-state index contributed by atoms with van der Waals surface area (Å²) in [6, 6.07) is -2.60. The molecule has 0 aromatic heterocycles. The second-order valence-electron chi connectivity index (χ2n) is 8.10. The van der Waals surface area contributed by atoms with Crippen LogP contribution in [0.3, 0.4) is 0 Å². The molecule has 11 nitrogen and oxygen atoms in total. The van der Waals surface area contributed by atoms with Gasteiger partial charge in [-0.05, 0) is 43.6 Å². The van der Waals surface area contributed by atoms with Crippen LogP contribution in [0.5, 0.6) is 0 Å². The fourth-order valence-electron chi connectivity index (χ4n) is 3.47. The van der Waals surface area contributed by atoms with Crippen molar-refractivity contribution >= 4 is 41.4 Å². The lowest BCUT2D eigenvalue weighted by molar-refractivity contribution is -0.149. The van der Waals surface area contributed by atoms with Crippen LogP contribution in [-0.2, 0) is 24.0 Å². The molecule has 12 heteroatoms. The van der Waals surface area contributed by atoms with E-state index in [0.29, 0.717) is 38.0 Å². The number of nitrogens with two attached hydrogens (primary N) is 1. The van der Waals surface area contributed by atoms with E-state index in [1.54, 1.807) is 0 Å². The highest BCUT2D eigenvalue weighted by Gasteiger charge is 2.37. The van der Waals surface area contributed by atoms with Gasteiger partial charge in [0.05, 0.1) is 13.1 Å². The Morgan fingerprint density at radius 1 is 1.12 bits per heavy atom. The summed E-state index contributed by atoms with van der Waals surface area (Å²) in [6.45, 7) is 3.48. The maximum atomic E-state index is 12.9. The van der Waals surface area contributed by atoms with Crippen LogP contribution in [-0.4, -0.2) is 89.4 Å². The summed E-state index contributed by atoms with van der Waals surface area (Å²) >= 11 is 1.51. The van der Waals surface area contributed by atoms with Gasteiger partial charge in [-0.2, -0.15) is 11.8 Å². The standard InChI is InChI=1S/C20H35N5O6S/c1-12(2)9-14(19(29)25-7-4-5-15(25)20(30)31)24-17(27)11-22-18(28)13(6-8-32-3)23-16(26)10-21/h12-15H,4-11,21H2,1-3H3,(H,22,28)(H,23,26)(H,24,27)(H,30,31). The number of nitrogens with one attached hydrogen (secondary N) is 3. The Labute approximate surface area is 192 Å². The molecule has 3 unspecified atom stereocenters. The summed E-state index contributed by atoms with van der Waals surface area (Å²) in [7, 11) is 0. The molecular formula is C20H35N5O6S. The van der Waals surface area contributed by atoms with Gasteiger partial charge in [-0.3, -0.25) is 19.2 Å². The first kappa shape index (κ1) is 27.7. The molecule has 1 fully saturated rings. The molecule has 4 amide bonds. The number of aliphatic carboxylic acids is 1. The molecule has 32 heavy (non-hydrogen) atoms. The number of carbonyl (C=O) groups excluding carboxylic acids is 4. The number of carboxylic acid groups (broad SMARTS) is 1. The molecule has 3 atom stereocenters. The van der Waals surface area contributed by atoms with E-state index in [2.05, 4.69) is 16.0 Å². The lowest BCUT2D eigenvalue weighted by Gasteiger charge is -2.28. The predicted molar refractivity (Wildman–Crippen MR) is 121 cm³/mol. The smallest absolute Gasteiger partial charge is 0.326 e. The van der Waals surface area contributed by atoms with Crippen LogP contribution < -0.4 is 21.7 Å². The van der Waals surface area contributed by atoms with Crippen molar-refractivity contribution in [3.8, 4) is 0 Å². The molecule has 0 radical (unpaired) electrons. The van der Waals surface area contributed by atoms with Gasteiger partial charge in [0.25, 0.3) is 0 Å². The van der Waals surface area contributed by atoms with Crippen molar-refractivity contribution in [1.29, 1.82) is 0 Å². The Kier molecular flexibility index (Phi) is 12.1. The van der Waals surface area contributed by atoms with Crippen LogP contribution in [0.25, 0.3) is 0 Å². The predicted octanol–water partition coefficient (Wildman–Crippen LogP) is -1.09. The molecule has 1 saturated heterocycles. The van der Waals surface area contributed by atoms with Crippen LogP contribution in [0.2, 0.25) is 0 Å². The fourth-order valence-corrected chi connectivity index (χ4v) is 3.95. The molecule has 1 aliphatic heterocycles. The topological polar surface area (TPSA) is 171 Å². The molecule has 0 aromatic carbocycles. The number of hydrogen-bond acceptors (Lipinski definition) is 7. The number of amides is 4. The molecule has 0 bridgehead atoms. The van der Waals surface area contributed by atoms with E-state index in [1.807, 2.05) is 20.1 Å². The highest BCUT2D eigenvalue weighted by Crippen LogP contribution is 2.20. The Bertz CT molecular complexity index is 689. The first-order valence-corrected chi connectivity index (χ1v) is 12.1. The third-order valence-corrected chi connectivity index (χ3v) is 5.68. The van der Waals surface area contributed by atoms with Crippen molar-refractivity contribution in [1.82, 2.24) is 20.9 Å². The highest BCUT2D eigenvalue weighted by molar-refractivity contribution is 7.98. The fraction of sp³-hybridized carbons (Fsp3) is 0.750. The van der Waals surface area contributed by atoms with Crippen molar-refractivity contribution in [2.24, 2.45) is 11.7 Å². The number of hydrogen-bond donors (Lipinski definition) is 5. The summed E-state index contributed by atoms with van der Waals surface area (Å²) in [5.74, 6) is -2.36. The van der Waals surface area contributed by atoms with Crippen LogP contribution >= 0.6 is 11.8 Å². The number of carbonyl (C=O) groups is 5. The number of nitrogens with zero attached hydrogens (tertiary/aromatic N) is 1. The molecule has 6 N–H and O–H groups in total. The van der Waals surface area contributed by atoms with Crippen molar-refractivity contribution in [2.45, 2.75) is 57.7 Å². The summed E-state index contributed by atoms with van der Waals surface area (Å²) in [6.07, 6.45) is 3.55. The molecule has 1 heterocycles. The van der Waals surface area contributed by atoms with Gasteiger partial charge >= 0.3 is 5.97 Å². The number of likely N-dealkylation sites (tertiary alicyclic amines) is 1. The Morgan fingerprint density at radius 3 is 2.34 bits per heavy atom. The highest BCUT2D eigenvalue weighted by atomic mass is 32.2. The number of thioether (sulfide) groups is 1. The van der Waals surface area contributed by atoms with E-state index < -0.39 is 47.7 Å². The molecule has 1 rings (SSSR count). The monoisotopic (exact) mass is 473 g/mol. The Balaban J connectivity index is 2.73. The average Bonchev–Trinajstić information content (AvgIpc) is 3.23. The summed E-state index contributed by atoms with van der Waals surface area (Å²) in [5.41, 5.74) is 5.29. The van der Waals surface area contributed by atoms with Gasteiger partial charge in [-0.15, -0.1) is 0 Å². The van der Waals surface area contributed by atoms with E-state index in [-0.39, 0.29) is 19.0 Å². The average molecular weight is 474 g/mol. The van der Waals surface area contributed by atoms with Gasteiger partial charge in [-0.25, -0.2) is 4.79 Å². The minimum absolute atomic E-state index is 0.0760. The first-order valence-electron chi connectivity index (χ1n) is 10.7. The zero-order valence-electron chi connectivity index (χ0n) is 18.9. The largest absolute Gasteiger partial charge is 0.480 e. The van der Waals surface area contributed by atoms with Gasteiger partial charge in [-0.1, -0.05) is 13.8 Å². The van der Waals surface area contributed by atoms with E-state index in [9.17, 15) is 29.1 Å². The summed E-state index contributed by atoms with van der Waals surface area (Å²) < 4.78 is 0. The first-order chi connectivity index (χ1) is 15.1. The van der Waals surface area contributed by atoms with Crippen LogP contribution in [0.4, 0.5) is 0 Å². The van der Waals surface area contributed by atoms with Crippen molar-refractivity contribution in [2.75, 3.05) is 31.6 Å². The molecule has 182 valence electrons. The third-order valence-electron chi connectivity index (χ3n) is 5.03. The SMILES string of the molecule is CSCCC(NC(=O)CN)C(=O)NCC(=O)NC(CC(C)C)C(=O)N1CCCC1C(=O)O. The molecular weight excluding hydrogens is 438 g/mol. The van der Waals surface area contributed by atoms with Crippen LogP contribution in [0, 0.1) is 5.92 Å². The van der Waals surface area contributed by atoms with Gasteiger partial charge in [0.1, 0.15) is 18.1 Å². The maximum absolute atomic E-state index is 12.9. The number of rotatable bonds is 13. The van der Waals surface area contributed by atoms with Crippen LogP contribution in [0.1, 0.15) is 39.5 Å². The quantitative estimate of drug-likeness (QED) is 0.224. The Morgan fingerprint density at radius 2 is 1.78 bits per heavy atom. The second-order valence-corrected chi connectivity index (χ2v) is 9.09. The maximum Gasteiger partial charge on any atom is 0.326 e. The van der Waals surface area contributed by atoms with Gasteiger partial charge in [0.15, 0.2) is 0 Å². The minimum Gasteiger partial charge on any atom is -0.480 e. The molecule has 0 aliphatic carbocycles. The minimum atomic E-state index is -1.06. The van der Waals surface area contributed by atoms with Crippen LogP contribution in [0.15, 0.2) is 0 Å². The lowest BCUT2D eigenvalue weighted by Crippen LogP contribution is -2.54. The zero-order valence-corrected chi connectivity index (χ0v) is 19.7. The lowest BCUT2D eigenvalue weighted by atomic mass is 10.0. The van der Waals surface area contributed by atoms with E-state index >= 15 is 0 Å². The molecule has 0 spiro atoms. The molecule has 0 saturated carbocycles. The van der Waals surface area contributed by atoms with Gasteiger partial charge in [0, 0.05) is 6.54 Å². The van der Waals surface area contributed by atoms with E-state index in [1.165, 1.54) is 16.7 Å². The zero-order chi connectivity index (χ0) is 24.3. The van der Waals surface area contributed by atoms with E-state index in [0.717, 1.165) is 0 Å². The summed E-state index contributed by atoms with van der Waals surface area (Å²) in [4.78, 5) is 62.1. The second kappa shape index (κ2) is 13.9. The van der Waals surface area contributed by atoms with E-state index in [4.69, 9.17) is 5.73 Å². The third kappa shape index (κ3) is 9.03. The van der Waals surface area contributed by atoms with Gasteiger partial charge in [0.2, 0.25) is 23.6 Å². The Hall–Kier alpha value is -2.34. The summed E-state index contributed by atoms with van der Waals surface area (Å²) in [5, 5.41) is 17.0. The molecule has 0 aromatic rings. The molecule has 1 aliphatic rings.